The van der Waals surface area contributed by atoms with Gasteiger partial charge in [-0.2, -0.15) is 0 Å². The zero-order chi connectivity index (χ0) is 12.8. The van der Waals surface area contributed by atoms with Gasteiger partial charge in [0, 0.05) is 28.9 Å². The molecule has 0 heterocycles. The summed E-state index contributed by atoms with van der Waals surface area (Å²) in [6.07, 6.45) is 1.65. The standard InChI is InChI=1S/C13H18BrNO2/c1-9(15)3-5-12(16)8-10-7-11(14)4-6-13(10)17-2/h4,6-7,9H,3,5,8,15H2,1-2H3. The van der Waals surface area contributed by atoms with Crippen LogP contribution >= 0.6 is 15.9 Å². The number of carbonyl (C=O) groups is 1. The lowest BCUT2D eigenvalue weighted by molar-refractivity contribution is -0.118. The lowest BCUT2D eigenvalue weighted by Crippen LogP contribution is -2.17. The zero-order valence-electron chi connectivity index (χ0n) is 10.2. The van der Waals surface area contributed by atoms with Gasteiger partial charge in [0.1, 0.15) is 11.5 Å². The summed E-state index contributed by atoms with van der Waals surface area (Å²) in [6.45, 7) is 1.91. The normalized spacial score (nSPS) is 12.2. The van der Waals surface area contributed by atoms with Gasteiger partial charge in [0.05, 0.1) is 7.11 Å². The van der Waals surface area contributed by atoms with Crippen molar-refractivity contribution in [2.45, 2.75) is 32.2 Å². The quantitative estimate of drug-likeness (QED) is 0.879. The van der Waals surface area contributed by atoms with Gasteiger partial charge in [-0.05, 0) is 31.5 Å². The van der Waals surface area contributed by atoms with Crippen molar-refractivity contribution >= 4 is 21.7 Å². The molecule has 2 N–H and O–H groups in total. The molecule has 4 heteroatoms. The lowest BCUT2D eigenvalue weighted by atomic mass is 10.0. The highest BCUT2D eigenvalue weighted by Gasteiger charge is 2.10. The summed E-state index contributed by atoms with van der Waals surface area (Å²) in [6, 6.07) is 5.75. The van der Waals surface area contributed by atoms with E-state index in [9.17, 15) is 4.79 Å². The molecular formula is C13H18BrNO2. The predicted octanol–water partition coefficient (Wildman–Crippen LogP) is 2.70. The highest BCUT2D eigenvalue weighted by molar-refractivity contribution is 9.10. The summed E-state index contributed by atoms with van der Waals surface area (Å²) in [5.74, 6) is 0.945. The van der Waals surface area contributed by atoms with Crippen LogP contribution in [0.3, 0.4) is 0 Å². The minimum atomic E-state index is 0.0726. The number of hydrogen-bond acceptors (Lipinski definition) is 3. The van der Waals surface area contributed by atoms with Crippen molar-refractivity contribution in [2.24, 2.45) is 5.73 Å². The van der Waals surface area contributed by atoms with Crippen LogP contribution in [0, 0.1) is 0 Å². The molecule has 1 atom stereocenters. The van der Waals surface area contributed by atoms with E-state index in [1.54, 1.807) is 7.11 Å². The van der Waals surface area contributed by atoms with Gasteiger partial charge in [0.2, 0.25) is 0 Å². The summed E-state index contributed by atoms with van der Waals surface area (Å²) < 4.78 is 6.18. The van der Waals surface area contributed by atoms with Crippen molar-refractivity contribution in [1.82, 2.24) is 0 Å². The van der Waals surface area contributed by atoms with Crippen LogP contribution in [0.25, 0.3) is 0 Å². The van der Waals surface area contributed by atoms with Crippen molar-refractivity contribution in [2.75, 3.05) is 7.11 Å². The second-order valence-corrected chi connectivity index (χ2v) is 5.10. The van der Waals surface area contributed by atoms with E-state index in [-0.39, 0.29) is 11.8 Å². The Hall–Kier alpha value is -0.870. The van der Waals surface area contributed by atoms with Gasteiger partial charge in [-0.1, -0.05) is 15.9 Å². The predicted molar refractivity (Wildman–Crippen MR) is 72.3 cm³/mol. The van der Waals surface area contributed by atoms with Gasteiger partial charge < -0.3 is 10.5 Å². The first kappa shape index (κ1) is 14.2. The number of ether oxygens (including phenoxy) is 1. The number of hydrogen-bond donors (Lipinski definition) is 1. The van der Waals surface area contributed by atoms with Gasteiger partial charge in [0.25, 0.3) is 0 Å². The van der Waals surface area contributed by atoms with Crippen LogP contribution in [-0.2, 0) is 11.2 Å². The van der Waals surface area contributed by atoms with E-state index in [0.29, 0.717) is 12.8 Å². The molecule has 0 spiro atoms. The zero-order valence-corrected chi connectivity index (χ0v) is 11.8. The van der Waals surface area contributed by atoms with Gasteiger partial charge in [0.15, 0.2) is 0 Å². The van der Waals surface area contributed by atoms with Crippen molar-refractivity contribution in [1.29, 1.82) is 0 Å². The first-order chi connectivity index (χ1) is 8.02. The van der Waals surface area contributed by atoms with Crippen LogP contribution in [0.1, 0.15) is 25.3 Å². The minimum absolute atomic E-state index is 0.0726. The number of nitrogens with two attached hydrogens (primary N) is 1. The second-order valence-electron chi connectivity index (χ2n) is 4.19. The lowest BCUT2D eigenvalue weighted by Gasteiger charge is -2.09. The molecule has 94 valence electrons. The van der Waals surface area contributed by atoms with Gasteiger partial charge in [-0.25, -0.2) is 0 Å². The van der Waals surface area contributed by atoms with Crippen LogP contribution in [0.4, 0.5) is 0 Å². The fourth-order valence-corrected chi connectivity index (χ4v) is 1.98. The van der Waals surface area contributed by atoms with Crippen LogP contribution in [0.5, 0.6) is 5.75 Å². The summed E-state index contributed by atoms with van der Waals surface area (Å²) in [5.41, 5.74) is 6.54. The summed E-state index contributed by atoms with van der Waals surface area (Å²) in [5, 5.41) is 0. The highest BCUT2D eigenvalue weighted by Crippen LogP contribution is 2.23. The molecule has 17 heavy (non-hydrogen) atoms. The van der Waals surface area contributed by atoms with E-state index in [2.05, 4.69) is 15.9 Å². The second kappa shape index (κ2) is 6.77. The van der Waals surface area contributed by atoms with Crippen molar-refractivity contribution in [3.8, 4) is 5.75 Å². The number of rotatable bonds is 6. The van der Waals surface area contributed by atoms with E-state index in [0.717, 1.165) is 22.2 Å². The largest absolute Gasteiger partial charge is 0.496 e. The van der Waals surface area contributed by atoms with E-state index in [1.807, 2.05) is 25.1 Å². The fraction of sp³-hybridized carbons (Fsp3) is 0.462. The van der Waals surface area contributed by atoms with Gasteiger partial charge >= 0.3 is 0 Å². The minimum Gasteiger partial charge on any atom is -0.496 e. The third-order valence-electron chi connectivity index (χ3n) is 2.51. The Labute approximate surface area is 110 Å². The summed E-state index contributed by atoms with van der Waals surface area (Å²) >= 11 is 3.39. The number of ketones is 1. The molecule has 0 saturated heterocycles. The Morgan fingerprint density at radius 3 is 2.82 bits per heavy atom. The highest BCUT2D eigenvalue weighted by atomic mass is 79.9. The third kappa shape index (κ3) is 4.88. The molecule has 0 bridgehead atoms. The van der Waals surface area contributed by atoms with E-state index in [4.69, 9.17) is 10.5 Å². The Bertz CT molecular complexity index is 391. The molecule has 3 nitrogen and oxygen atoms in total. The molecule has 0 aromatic heterocycles. The van der Waals surface area contributed by atoms with Crippen molar-refractivity contribution in [3.05, 3.63) is 28.2 Å². The number of Topliss-reactive ketones (excluding diaryl/α,β-unsaturated/α-hetero) is 1. The average Bonchev–Trinajstić information content (AvgIpc) is 2.27. The maximum Gasteiger partial charge on any atom is 0.137 e. The van der Waals surface area contributed by atoms with Crippen LogP contribution in [-0.4, -0.2) is 18.9 Å². The average molecular weight is 300 g/mol. The smallest absolute Gasteiger partial charge is 0.137 e. The Kier molecular flexibility index (Phi) is 5.65. The molecule has 0 aliphatic heterocycles. The third-order valence-corrected chi connectivity index (χ3v) is 3.00. The molecule has 0 amide bonds. The molecule has 1 aromatic rings. The molecule has 1 unspecified atom stereocenters. The first-order valence-electron chi connectivity index (χ1n) is 5.62. The Balaban J connectivity index is 2.66. The SMILES string of the molecule is COc1ccc(Br)cc1CC(=O)CCC(C)N. The Morgan fingerprint density at radius 2 is 2.24 bits per heavy atom. The van der Waals surface area contributed by atoms with Crippen molar-refractivity contribution in [3.63, 3.8) is 0 Å². The monoisotopic (exact) mass is 299 g/mol. The van der Waals surface area contributed by atoms with E-state index < -0.39 is 0 Å². The molecule has 0 fully saturated rings. The number of methoxy groups -OCH3 is 1. The molecule has 0 radical (unpaired) electrons. The number of carbonyl (C=O) groups excluding carboxylic acids is 1. The van der Waals surface area contributed by atoms with Crippen LogP contribution < -0.4 is 10.5 Å². The maximum absolute atomic E-state index is 11.8. The topological polar surface area (TPSA) is 52.3 Å². The number of benzene rings is 1. The summed E-state index contributed by atoms with van der Waals surface area (Å²) in [4.78, 5) is 11.8. The first-order valence-corrected chi connectivity index (χ1v) is 6.42. The number of halogens is 1. The maximum atomic E-state index is 11.8. The van der Waals surface area contributed by atoms with E-state index in [1.165, 1.54) is 0 Å². The Morgan fingerprint density at radius 1 is 1.53 bits per heavy atom. The molecule has 1 aromatic carbocycles. The van der Waals surface area contributed by atoms with Crippen molar-refractivity contribution < 1.29 is 9.53 Å². The fourth-order valence-electron chi connectivity index (χ4n) is 1.57. The summed E-state index contributed by atoms with van der Waals surface area (Å²) in [7, 11) is 1.61. The molecule has 0 saturated carbocycles. The van der Waals surface area contributed by atoms with Gasteiger partial charge in [-0.15, -0.1) is 0 Å². The van der Waals surface area contributed by atoms with E-state index >= 15 is 0 Å². The molecule has 1 rings (SSSR count). The molecular weight excluding hydrogens is 282 g/mol. The van der Waals surface area contributed by atoms with Gasteiger partial charge in [-0.3, -0.25) is 4.79 Å². The molecule has 0 aliphatic rings. The molecule has 0 aliphatic carbocycles. The van der Waals surface area contributed by atoms with Crippen LogP contribution in [0.2, 0.25) is 0 Å². The van der Waals surface area contributed by atoms with Crippen LogP contribution in [0.15, 0.2) is 22.7 Å².